The minimum atomic E-state index is -1.56. The van der Waals surface area contributed by atoms with Crippen LogP contribution >= 0.6 is 34.8 Å². The highest BCUT2D eigenvalue weighted by atomic mass is 35.6. The number of amides is 1. The Balaban J connectivity index is 3.46. The predicted octanol–water partition coefficient (Wildman–Crippen LogP) is 1.73. The number of hydrogen-bond acceptors (Lipinski definition) is 2. The molecule has 1 radical (unpaired) electrons. The number of rotatable bonds is 1. The molecule has 0 spiro atoms. The molecule has 0 aliphatic carbocycles. The van der Waals surface area contributed by atoms with Crippen molar-refractivity contribution in [3.63, 3.8) is 0 Å². The first-order chi connectivity index (χ1) is 4.45. The summed E-state index contributed by atoms with van der Waals surface area (Å²) in [5.74, 6) is 0. The van der Waals surface area contributed by atoms with Crippen molar-refractivity contribution in [1.29, 1.82) is 0 Å². The molecule has 0 fully saturated rings. The van der Waals surface area contributed by atoms with E-state index in [-0.39, 0.29) is 6.61 Å². The SMILES string of the molecule is C[N]C(=O)OCC(Cl)(Cl)Cl. The zero-order valence-corrected chi connectivity index (χ0v) is 7.37. The highest BCUT2D eigenvalue weighted by molar-refractivity contribution is 6.67. The van der Waals surface area contributed by atoms with Crippen LogP contribution in [0, 0.1) is 0 Å². The number of alkyl halides is 3. The average molecular weight is 205 g/mol. The molecule has 0 aliphatic heterocycles. The van der Waals surface area contributed by atoms with Gasteiger partial charge in [-0.05, 0) is 0 Å². The summed E-state index contributed by atoms with van der Waals surface area (Å²) in [5.41, 5.74) is 0. The van der Waals surface area contributed by atoms with E-state index in [0.717, 1.165) is 0 Å². The second-order valence-corrected chi connectivity index (χ2v) is 3.91. The maximum Gasteiger partial charge on any atom is 0.428 e. The number of hydrogen-bond donors (Lipinski definition) is 0. The van der Waals surface area contributed by atoms with Gasteiger partial charge in [0.25, 0.3) is 0 Å². The van der Waals surface area contributed by atoms with Gasteiger partial charge in [0, 0.05) is 7.05 Å². The number of ether oxygens (including phenoxy) is 1. The van der Waals surface area contributed by atoms with Gasteiger partial charge in [0.2, 0.25) is 3.79 Å². The molecule has 6 heteroatoms. The number of carbonyl (C=O) groups is 1. The first kappa shape index (κ1) is 10.1. The molecule has 10 heavy (non-hydrogen) atoms. The quantitative estimate of drug-likeness (QED) is 0.612. The van der Waals surface area contributed by atoms with Crippen molar-refractivity contribution < 1.29 is 9.53 Å². The van der Waals surface area contributed by atoms with Crippen LogP contribution in [-0.2, 0) is 4.74 Å². The zero-order valence-electron chi connectivity index (χ0n) is 5.10. The van der Waals surface area contributed by atoms with Crippen molar-refractivity contribution in [2.45, 2.75) is 3.79 Å². The smallest absolute Gasteiger partial charge is 0.428 e. The van der Waals surface area contributed by atoms with Gasteiger partial charge in [-0.1, -0.05) is 34.8 Å². The fourth-order valence-electron chi connectivity index (χ4n) is 0.208. The molecule has 0 heterocycles. The van der Waals surface area contributed by atoms with E-state index in [1.807, 2.05) is 0 Å². The fourth-order valence-corrected chi connectivity index (χ4v) is 0.372. The summed E-state index contributed by atoms with van der Waals surface area (Å²) >= 11 is 15.7. The van der Waals surface area contributed by atoms with Crippen molar-refractivity contribution in [3.05, 3.63) is 0 Å². The first-order valence-corrected chi connectivity index (χ1v) is 3.42. The fraction of sp³-hybridized carbons (Fsp3) is 0.750. The average Bonchev–Trinajstić information content (AvgIpc) is 1.81. The van der Waals surface area contributed by atoms with Gasteiger partial charge in [-0.2, -0.15) is 0 Å². The van der Waals surface area contributed by atoms with Crippen LogP contribution in [0.4, 0.5) is 4.79 Å². The van der Waals surface area contributed by atoms with Crippen LogP contribution in [0.25, 0.3) is 0 Å². The van der Waals surface area contributed by atoms with Gasteiger partial charge >= 0.3 is 6.09 Å². The van der Waals surface area contributed by atoms with Crippen molar-refractivity contribution in [3.8, 4) is 0 Å². The van der Waals surface area contributed by atoms with Gasteiger partial charge < -0.3 is 4.74 Å². The zero-order chi connectivity index (χ0) is 8.20. The third-order valence-electron chi connectivity index (χ3n) is 0.542. The lowest BCUT2D eigenvalue weighted by molar-refractivity contribution is 0.150. The lowest BCUT2D eigenvalue weighted by atomic mass is 10.8. The molecular weight excluding hydrogens is 200 g/mol. The highest BCUT2D eigenvalue weighted by Gasteiger charge is 2.21. The van der Waals surface area contributed by atoms with Crippen molar-refractivity contribution >= 4 is 40.9 Å². The molecule has 0 N–H and O–H groups in total. The Kier molecular flexibility index (Phi) is 4.17. The van der Waals surface area contributed by atoms with Crippen molar-refractivity contribution in [1.82, 2.24) is 5.32 Å². The van der Waals surface area contributed by atoms with Gasteiger partial charge in [-0.25, -0.2) is 10.1 Å². The molecule has 0 atom stereocenters. The standard InChI is InChI=1S/C4H5Cl3NO2/c1-8-3(9)10-2-4(5,6)7/h2H2,1H3. The summed E-state index contributed by atoms with van der Waals surface area (Å²) in [6.07, 6.45) is -0.744. The second kappa shape index (κ2) is 4.11. The third-order valence-corrected chi connectivity index (χ3v) is 0.869. The minimum Gasteiger partial charge on any atom is -0.444 e. The molecule has 0 aromatic heterocycles. The third kappa shape index (κ3) is 6.26. The van der Waals surface area contributed by atoms with Crippen LogP contribution in [0.1, 0.15) is 0 Å². The van der Waals surface area contributed by atoms with E-state index in [1.165, 1.54) is 7.05 Å². The normalized spacial score (nSPS) is 10.8. The molecule has 0 rings (SSSR count). The van der Waals surface area contributed by atoms with Gasteiger partial charge in [0.05, 0.1) is 0 Å². The molecule has 0 saturated heterocycles. The minimum absolute atomic E-state index is 0.284. The highest BCUT2D eigenvalue weighted by Crippen LogP contribution is 2.25. The van der Waals surface area contributed by atoms with Crippen molar-refractivity contribution in [2.75, 3.05) is 13.7 Å². The molecule has 3 nitrogen and oxygen atoms in total. The molecule has 1 amide bonds. The summed E-state index contributed by atoms with van der Waals surface area (Å²) in [7, 11) is 1.29. The Bertz CT molecular complexity index is 122. The number of halogens is 3. The maximum atomic E-state index is 10.3. The van der Waals surface area contributed by atoms with E-state index in [2.05, 4.69) is 10.1 Å². The topological polar surface area (TPSA) is 40.4 Å². The molecule has 59 valence electrons. The van der Waals surface area contributed by atoms with Crippen LogP contribution in [0.15, 0.2) is 0 Å². The molecule has 0 bridgehead atoms. The summed E-state index contributed by atoms with van der Waals surface area (Å²) in [5, 5.41) is 3.15. The molecule has 0 aromatic carbocycles. The van der Waals surface area contributed by atoms with E-state index in [1.54, 1.807) is 0 Å². The molecule has 0 aromatic rings. The molecule has 0 aliphatic rings. The van der Waals surface area contributed by atoms with Gasteiger partial charge in [0.15, 0.2) is 0 Å². The molecule has 0 unspecified atom stereocenters. The van der Waals surface area contributed by atoms with Crippen LogP contribution < -0.4 is 5.32 Å². The summed E-state index contributed by atoms with van der Waals surface area (Å²) in [6.45, 7) is -0.284. The lowest BCUT2D eigenvalue weighted by Crippen LogP contribution is -2.20. The number of carbonyl (C=O) groups excluding carboxylic acids is 1. The first-order valence-electron chi connectivity index (χ1n) is 2.29. The van der Waals surface area contributed by atoms with E-state index >= 15 is 0 Å². The van der Waals surface area contributed by atoms with Gasteiger partial charge in [-0.3, -0.25) is 0 Å². The Hall–Kier alpha value is 0.140. The Morgan fingerprint density at radius 2 is 2.10 bits per heavy atom. The molecule has 0 saturated carbocycles. The van der Waals surface area contributed by atoms with E-state index in [0.29, 0.717) is 0 Å². The van der Waals surface area contributed by atoms with Crippen LogP contribution in [0.3, 0.4) is 0 Å². The van der Waals surface area contributed by atoms with E-state index in [4.69, 9.17) is 34.8 Å². The van der Waals surface area contributed by atoms with Crippen LogP contribution in [0.2, 0.25) is 0 Å². The Morgan fingerprint density at radius 1 is 1.60 bits per heavy atom. The van der Waals surface area contributed by atoms with E-state index in [9.17, 15) is 4.79 Å². The van der Waals surface area contributed by atoms with Crippen LogP contribution in [-0.4, -0.2) is 23.5 Å². The van der Waals surface area contributed by atoms with E-state index < -0.39 is 9.89 Å². The van der Waals surface area contributed by atoms with Crippen molar-refractivity contribution in [2.24, 2.45) is 0 Å². The summed E-state index contributed by atoms with van der Waals surface area (Å²) in [4.78, 5) is 10.3. The maximum absolute atomic E-state index is 10.3. The lowest BCUT2D eigenvalue weighted by Gasteiger charge is -2.09. The second-order valence-electron chi connectivity index (χ2n) is 1.39. The Labute approximate surface area is 73.6 Å². The summed E-state index contributed by atoms with van der Waals surface area (Å²) < 4.78 is 2.80. The van der Waals surface area contributed by atoms with Gasteiger partial charge in [0.1, 0.15) is 6.61 Å². The monoisotopic (exact) mass is 204 g/mol. The van der Waals surface area contributed by atoms with Gasteiger partial charge in [-0.15, -0.1) is 0 Å². The molecular formula is C4H5Cl3NO2. The number of nitrogens with zero attached hydrogens (tertiary/aromatic N) is 1. The van der Waals surface area contributed by atoms with Crippen LogP contribution in [0.5, 0.6) is 0 Å². The Morgan fingerprint density at radius 3 is 2.40 bits per heavy atom. The largest absolute Gasteiger partial charge is 0.444 e. The predicted molar refractivity (Wildman–Crippen MR) is 39.7 cm³/mol. The summed E-state index contributed by atoms with van der Waals surface area (Å²) in [6, 6.07) is 0.